The van der Waals surface area contributed by atoms with E-state index in [1.807, 2.05) is 0 Å². The summed E-state index contributed by atoms with van der Waals surface area (Å²) in [7, 11) is 1.67. The van der Waals surface area contributed by atoms with Crippen molar-refractivity contribution in [3.63, 3.8) is 0 Å². The molecular weight excluding hydrogens is 276 g/mol. The molecule has 1 aliphatic carbocycles. The van der Waals surface area contributed by atoms with Crippen LogP contribution in [-0.2, 0) is 9.53 Å². The molecule has 4 nitrogen and oxygen atoms in total. The molecule has 0 aromatic carbocycles. The molecule has 1 saturated carbocycles. The molecule has 1 heterocycles. The number of amides is 1. The van der Waals surface area contributed by atoms with E-state index < -0.39 is 5.60 Å². The Labute approximate surface area is 135 Å². The van der Waals surface area contributed by atoms with Gasteiger partial charge in [-0.2, -0.15) is 0 Å². The van der Waals surface area contributed by atoms with Gasteiger partial charge in [0.1, 0.15) is 5.60 Å². The zero-order chi connectivity index (χ0) is 16.2. The number of methoxy groups -OCH3 is 1. The van der Waals surface area contributed by atoms with E-state index in [0.29, 0.717) is 11.5 Å². The molecule has 1 saturated heterocycles. The number of piperidine rings is 1. The first-order chi connectivity index (χ1) is 10.4. The SMILES string of the molecule is CCC(C)(C)C1CCC(NC(=O)C2(OC)CCNCC2)CC1. The molecule has 4 heteroatoms. The summed E-state index contributed by atoms with van der Waals surface area (Å²) in [4.78, 5) is 12.7. The quantitative estimate of drug-likeness (QED) is 0.821. The lowest BCUT2D eigenvalue weighted by molar-refractivity contribution is -0.147. The van der Waals surface area contributed by atoms with Gasteiger partial charge in [-0.15, -0.1) is 0 Å². The van der Waals surface area contributed by atoms with Gasteiger partial charge in [-0.25, -0.2) is 0 Å². The Morgan fingerprint density at radius 1 is 1.23 bits per heavy atom. The van der Waals surface area contributed by atoms with Crippen LogP contribution in [0.2, 0.25) is 0 Å². The van der Waals surface area contributed by atoms with Crippen molar-refractivity contribution >= 4 is 5.91 Å². The van der Waals surface area contributed by atoms with Crippen molar-refractivity contribution in [1.82, 2.24) is 10.6 Å². The topological polar surface area (TPSA) is 50.4 Å². The van der Waals surface area contributed by atoms with Gasteiger partial charge in [0.2, 0.25) is 0 Å². The first-order valence-corrected chi connectivity index (χ1v) is 9.00. The van der Waals surface area contributed by atoms with Gasteiger partial charge in [0.25, 0.3) is 5.91 Å². The molecule has 22 heavy (non-hydrogen) atoms. The van der Waals surface area contributed by atoms with Crippen molar-refractivity contribution in [2.24, 2.45) is 11.3 Å². The number of nitrogens with one attached hydrogen (secondary N) is 2. The fourth-order valence-electron chi connectivity index (χ4n) is 3.98. The lowest BCUT2D eigenvalue weighted by Crippen LogP contribution is -2.56. The van der Waals surface area contributed by atoms with Crippen molar-refractivity contribution in [2.45, 2.75) is 77.4 Å². The van der Waals surface area contributed by atoms with Crippen molar-refractivity contribution in [2.75, 3.05) is 20.2 Å². The summed E-state index contributed by atoms with van der Waals surface area (Å²) in [6.45, 7) is 8.77. The molecule has 128 valence electrons. The second-order valence-electron chi connectivity index (χ2n) is 7.81. The lowest BCUT2D eigenvalue weighted by atomic mass is 9.69. The number of ether oxygens (including phenoxy) is 1. The third-order valence-electron chi connectivity index (χ3n) is 6.29. The summed E-state index contributed by atoms with van der Waals surface area (Å²) >= 11 is 0. The van der Waals surface area contributed by atoms with Crippen LogP contribution in [0.25, 0.3) is 0 Å². The highest BCUT2D eigenvalue weighted by molar-refractivity contribution is 5.85. The molecule has 0 aromatic rings. The molecule has 2 rings (SSSR count). The predicted octanol–water partition coefficient (Wildman–Crippen LogP) is 2.87. The summed E-state index contributed by atoms with van der Waals surface area (Å²) < 4.78 is 5.62. The van der Waals surface area contributed by atoms with Crippen molar-refractivity contribution < 1.29 is 9.53 Å². The van der Waals surface area contributed by atoms with Crippen molar-refractivity contribution in [1.29, 1.82) is 0 Å². The summed E-state index contributed by atoms with van der Waals surface area (Å²) in [5, 5.41) is 6.58. The minimum Gasteiger partial charge on any atom is -0.368 e. The zero-order valence-electron chi connectivity index (χ0n) is 14.8. The molecule has 2 N–H and O–H groups in total. The van der Waals surface area contributed by atoms with Crippen LogP contribution < -0.4 is 10.6 Å². The minimum atomic E-state index is -0.606. The molecule has 1 aliphatic heterocycles. The Kier molecular flexibility index (Phi) is 5.89. The number of carbonyl (C=O) groups excluding carboxylic acids is 1. The van der Waals surface area contributed by atoms with E-state index >= 15 is 0 Å². The summed E-state index contributed by atoms with van der Waals surface area (Å²) in [5.74, 6) is 0.899. The standard InChI is InChI=1S/C18H34N2O2/c1-5-17(2,3)14-6-8-15(9-7-14)20-16(21)18(22-4)10-12-19-13-11-18/h14-15,19H,5-13H2,1-4H3,(H,20,21). The number of rotatable bonds is 5. The Morgan fingerprint density at radius 3 is 2.32 bits per heavy atom. The fraction of sp³-hybridized carbons (Fsp3) is 0.944. The summed E-state index contributed by atoms with van der Waals surface area (Å²) in [6.07, 6.45) is 7.45. The Morgan fingerprint density at radius 2 is 1.82 bits per heavy atom. The Hall–Kier alpha value is -0.610. The van der Waals surface area contributed by atoms with E-state index in [2.05, 4.69) is 31.4 Å². The van der Waals surface area contributed by atoms with Gasteiger partial charge in [0.15, 0.2) is 0 Å². The first-order valence-electron chi connectivity index (χ1n) is 9.00. The largest absolute Gasteiger partial charge is 0.368 e. The maximum Gasteiger partial charge on any atom is 0.252 e. The summed E-state index contributed by atoms with van der Waals surface area (Å²) in [6, 6.07) is 0.332. The van der Waals surface area contributed by atoms with E-state index in [9.17, 15) is 4.79 Å². The molecule has 0 radical (unpaired) electrons. The van der Waals surface area contributed by atoms with E-state index in [0.717, 1.165) is 44.7 Å². The van der Waals surface area contributed by atoms with Crippen molar-refractivity contribution in [3.05, 3.63) is 0 Å². The molecule has 0 atom stereocenters. The normalized spacial score (nSPS) is 29.1. The fourth-order valence-corrected chi connectivity index (χ4v) is 3.98. The number of hydrogen-bond acceptors (Lipinski definition) is 3. The smallest absolute Gasteiger partial charge is 0.252 e. The Balaban J connectivity index is 1.86. The van der Waals surface area contributed by atoms with Gasteiger partial charge in [-0.1, -0.05) is 27.2 Å². The van der Waals surface area contributed by atoms with Gasteiger partial charge in [-0.05, 0) is 62.9 Å². The van der Waals surface area contributed by atoms with Crippen LogP contribution >= 0.6 is 0 Å². The lowest BCUT2D eigenvalue weighted by Gasteiger charge is -2.40. The molecule has 0 unspecified atom stereocenters. The average molecular weight is 310 g/mol. The molecule has 1 amide bonds. The second kappa shape index (κ2) is 7.31. The van der Waals surface area contributed by atoms with Gasteiger partial charge in [0.05, 0.1) is 0 Å². The molecule has 0 aromatic heterocycles. The monoisotopic (exact) mass is 310 g/mol. The molecule has 0 bridgehead atoms. The highest BCUT2D eigenvalue weighted by atomic mass is 16.5. The number of hydrogen-bond donors (Lipinski definition) is 2. The van der Waals surface area contributed by atoms with E-state index in [1.165, 1.54) is 19.3 Å². The van der Waals surface area contributed by atoms with Crippen LogP contribution in [0.1, 0.15) is 65.7 Å². The molecule has 2 fully saturated rings. The van der Waals surface area contributed by atoms with Gasteiger partial charge in [0, 0.05) is 13.2 Å². The van der Waals surface area contributed by atoms with Crippen LogP contribution in [0.15, 0.2) is 0 Å². The maximum absolute atomic E-state index is 12.7. The zero-order valence-corrected chi connectivity index (χ0v) is 14.8. The highest BCUT2D eigenvalue weighted by Gasteiger charge is 2.41. The second-order valence-corrected chi connectivity index (χ2v) is 7.81. The van der Waals surface area contributed by atoms with Crippen LogP contribution in [0.5, 0.6) is 0 Å². The minimum absolute atomic E-state index is 0.106. The van der Waals surface area contributed by atoms with Crippen LogP contribution in [-0.4, -0.2) is 37.7 Å². The first kappa shape index (κ1) is 17.7. The number of carbonyl (C=O) groups is 1. The van der Waals surface area contributed by atoms with E-state index in [-0.39, 0.29) is 5.91 Å². The maximum atomic E-state index is 12.7. The van der Waals surface area contributed by atoms with Crippen LogP contribution in [0.4, 0.5) is 0 Å². The third kappa shape index (κ3) is 3.83. The Bertz CT molecular complexity index is 367. The summed E-state index contributed by atoms with van der Waals surface area (Å²) in [5.41, 5.74) is -0.178. The van der Waals surface area contributed by atoms with Crippen LogP contribution in [0.3, 0.4) is 0 Å². The molecule has 2 aliphatic rings. The van der Waals surface area contributed by atoms with Gasteiger partial charge < -0.3 is 15.4 Å². The molecular formula is C18H34N2O2. The van der Waals surface area contributed by atoms with Gasteiger partial charge >= 0.3 is 0 Å². The van der Waals surface area contributed by atoms with Crippen molar-refractivity contribution in [3.8, 4) is 0 Å². The van der Waals surface area contributed by atoms with E-state index in [4.69, 9.17) is 4.74 Å². The molecule has 0 spiro atoms. The average Bonchev–Trinajstić information content (AvgIpc) is 2.56. The van der Waals surface area contributed by atoms with Crippen LogP contribution in [0, 0.1) is 11.3 Å². The van der Waals surface area contributed by atoms with Gasteiger partial charge in [-0.3, -0.25) is 4.79 Å². The van der Waals surface area contributed by atoms with E-state index in [1.54, 1.807) is 7.11 Å². The third-order valence-corrected chi connectivity index (χ3v) is 6.29. The predicted molar refractivity (Wildman–Crippen MR) is 89.8 cm³/mol. The highest BCUT2D eigenvalue weighted by Crippen LogP contribution is 2.40.